The summed E-state index contributed by atoms with van der Waals surface area (Å²) in [6.45, 7) is 3.25. The van der Waals surface area contributed by atoms with Gasteiger partial charge in [0.1, 0.15) is 24.1 Å². The number of nitrogens with one attached hydrogen (secondary N) is 1. The highest BCUT2D eigenvalue weighted by Crippen LogP contribution is 2.36. The summed E-state index contributed by atoms with van der Waals surface area (Å²) in [4.78, 5) is 29.2. The molecule has 0 bridgehead atoms. The van der Waals surface area contributed by atoms with Crippen LogP contribution in [-0.4, -0.2) is 64.5 Å². The van der Waals surface area contributed by atoms with Crippen LogP contribution in [0, 0.1) is 6.92 Å². The molecule has 0 saturated heterocycles. The summed E-state index contributed by atoms with van der Waals surface area (Å²) in [6, 6.07) is 20.2. The number of hydrogen-bond donors (Lipinski definition) is 1. The van der Waals surface area contributed by atoms with E-state index in [1.807, 2.05) is 37.3 Å². The molecule has 1 saturated carbocycles. The predicted octanol–water partition coefficient (Wildman–Crippen LogP) is 5.12. The molecule has 9 nitrogen and oxygen atoms in total. The van der Waals surface area contributed by atoms with Crippen molar-refractivity contribution in [2.75, 3.05) is 31.6 Å². The molecule has 1 aliphatic rings. The average molecular weight is 622 g/mol. The topological polar surface area (TPSA) is 105 Å². The van der Waals surface area contributed by atoms with Gasteiger partial charge in [-0.2, -0.15) is 0 Å². The van der Waals surface area contributed by atoms with E-state index >= 15 is 0 Å². The second kappa shape index (κ2) is 15.1. The van der Waals surface area contributed by atoms with Crippen molar-refractivity contribution < 1.29 is 27.5 Å². The Hall–Kier alpha value is -4.05. The quantitative estimate of drug-likeness (QED) is 0.284. The van der Waals surface area contributed by atoms with Crippen LogP contribution in [0.1, 0.15) is 50.2 Å². The Morgan fingerprint density at radius 2 is 1.61 bits per heavy atom. The van der Waals surface area contributed by atoms with Crippen LogP contribution in [0.2, 0.25) is 0 Å². The maximum absolute atomic E-state index is 14.2. The standard InChI is InChI=1S/C34H43N3O6S/c1-25-15-18-30(19-16-25)44(40,41)37(31-23-29(42-3)17-20-32(31)43-4)24-33(38)36(22-21-27-11-7-5-8-12-27)26(2)34(39)35-28-13-9-6-10-14-28/h5,7-8,11-12,15-20,23,26,28H,6,9-10,13-14,21-22,24H2,1-4H3,(H,35,39). The van der Waals surface area contributed by atoms with Gasteiger partial charge in [-0.15, -0.1) is 0 Å². The van der Waals surface area contributed by atoms with Crippen molar-refractivity contribution in [3.63, 3.8) is 0 Å². The Morgan fingerprint density at radius 3 is 2.25 bits per heavy atom. The molecule has 1 aliphatic carbocycles. The highest BCUT2D eigenvalue weighted by atomic mass is 32.2. The van der Waals surface area contributed by atoms with E-state index in [2.05, 4.69) is 5.32 Å². The number of methoxy groups -OCH3 is 2. The molecular formula is C34H43N3O6S. The molecule has 0 aliphatic heterocycles. The normalized spacial score (nSPS) is 14.4. The third-order valence-electron chi connectivity index (χ3n) is 8.15. The molecule has 1 atom stereocenters. The Labute approximate surface area is 261 Å². The molecule has 10 heteroatoms. The van der Waals surface area contributed by atoms with Gasteiger partial charge in [0, 0.05) is 18.7 Å². The van der Waals surface area contributed by atoms with Crippen LogP contribution in [0.15, 0.2) is 77.7 Å². The van der Waals surface area contributed by atoms with E-state index in [0.717, 1.165) is 47.5 Å². The van der Waals surface area contributed by atoms with E-state index < -0.39 is 28.5 Å². The number of benzene rings is 3. The van der Waals surface area contributed by atoms with Crippen molar-refractivity contribution in [2.45, 2.75) is 69.4 Å². The molecule has 0 radical (unpaired) electrons. The number of carbonyl (C=O) groups excluding carboxylic acids is 2. The highest BCUT2D eigenvalue weighted by molar-refractivity contribution is 7.92. The number of amides is 2. The molecule has 4 rings (SSSR count). The summed E-state index contributed by atoms with van der Waals surface area (Å²) < 4.78 is 40.4. The zero-order valence-corrected chi connectivity index (χ0v) is 26.8. The predicted molar refractivity (Wildman–Crippen MR) is 172 cm³/mol. The first kappa shape index (κ1) is 32.9. The molecule has 0 heterocycles. The molecule has 3 aromatic rings. The van der Waals surface area contributed by atoms with E-state index in [0.29, 0.717) is 12.2 Å². The average Bonchev–Trinajstić information content (AvgIpc) is 3.04. The fourth-order valence-electron chi connectivity index (χ4n) is 5.48. The van der Waals surface area contributed by atoms with Gasteiger partial charge in [0.15, 0.2) is 0 Å². The van der Waals surface area contributed by atoms with Crippen LogP contribution in [0.4, 0.5) is 5.69 Å². The summed E-state index contributed by atoms with van der Waals surface area (Å²) in [7, 11) is -1.33. The van der Waals surface area contributed by atoms with Crippen LogP contribution in [-0.2, 0) is 26.0 Å². The van der Waals surface area contributed by atoms with Gasteiger partial charge in [-0.25, -0.2) is 8.42 Å². The Bertz CT molecular complexity index is 1510. The molecule has 0 spiro atoms. The molecule has 1 N–H and O–H groups in total. The lowest BCUT2D eigenvalue weighted by Gasteiger charge is -2.33. The van der Waals surface area contributed by atoms with E-state index in [4.69, 9.17) is 9.47 Å². The van der Waals surface area contributed by atoms with Gasteiger partial charge in [0.2, 0.25) is 11.8 Å². The SMILES string of the molecule is COc1ccc(OC)c(N(CC(=O)N(CCc2ccccc2)C(C)C(=O)NC2CCCCC2)S(=O)(=O)c2ccc(C)cc2)c1. The summed E-state index contributed by atoms with van der Waals surface area (Å²) in [5.74, 6) is -0.0928. The van der Waals surface area contributed by atoms with Crippen LogP contribution < -0.4 is 19.1 Å². The van der Waals surface area contributed by atoms with Gasteiger partial charge in [0.25, 0.3) is 10.0 Å². The van der Waals surface area contributed by atoms with E-state index in [-0.39, 0.29) is 34.8 Å². The molecule has 1 fully saturated rings. The fourth-order valence-corrected chi connectivity index (χ4v) is 6.90. The van der Waals surface area contributed by atoms with E-state index in [1.165, 1.54) is 37.3 Å². The second-order valence-electron chi connectivity index (χ2n) is 11.2. The van der Waals surface area contributed by atoms with Crippen molar-refractivity contribution in [2.24, 2.45) is 0 Å². The number of ether oxygens (including phenoxy) is 2. The molecule has 2 amide bonds. The zero-order valence-electron chi connectivity index (χ0n) is 26.0. The number of sulfonamides is 1. The van der Waals surface area contributed by atoms with Gasteiger partial charge in [0.05, 0.1) is 24.8 Å². The van der Waals surface area contributed by atoms with Crippen LogP contribution in [0.25, 0.3) is 0 Å². The summed E-state index contributed by atoms with van der Waals surface area (Å²) in [6.07, 6.45) is 5.60. The number of aryl methyl sites for hydroxylation is 1. The first-order valence-electron chi connectivity index (χ1n) is 15.1. The fraction of sp³-hybridized carbons (Fsp3) is 0.412. The van der Waals surface area contributed by atoms with Crippen LogP contribution in [0.3, 0.4) is 0 Å². The lowest BCUT2D eigenvalue weighted by Crippen LogP contribution is -2.53. The summed E-state index contributed by atoms with van der Waals surface area (Å²) in [5, 5.41) is 3.13. The Kier molecular flexibility index (Phi) is 11.3. The summed E-state index contributed by atoms with van der Waals surface area (Å²) in [5.41, 5.74) is 2.06. The highest BCUT2D eigenvalue weighted by Gasteiger charge is 2.34. The van der Waals surface area contributed by atoms with E-state index in [9.17, 15) is 18.0 Å². The largest absolute Gasteiger partial charge is 0.497 e. The summed E-state index contributed by atoms with van der Waals surface area (Å²) >= 11 is 0. The molecule has 1 unspecified atom stereocenters. The Morgan fingerprint density at radius 1 is 0.932 bits per heavy atom. The van der Waals surface area contributed by atoms with Gasteiger partial charge in [-0.3, -0.25) is 13.9 Å². The van der Waals surface area contributed by atoms with Crippen molar-refractivity contribution >= 4 is 27.5 Å². The first-order chi connectivity index (χ1) is 21.1. The zero-order chi connectivity index (χ0) is 31.7. The van der Waals surface area contributed by atoms with Crippen LogP contribution >= 0.6 is 0 Å². The molecular weight excluding hydrogens is 578 g/mol. The maximum atomic E-state index is 14.2. The number of nitrogens with zero attached hydrogens (tertiary/aromatic N) is 2. The monoisotopic (exact) mass is 621 g/mol. The van der Waals surface area contributed by atoms with Gasteiger partial charge in [-0.05, 0) is 62.9 Å². The lowest BCUT2D eigenvalue weighted by atomic mass is 9.95. The van der Waals surface area contributed by atoms with Crippen molar-refractivity contribution in [1.82, 2.24) is 10.2 Å². The lowest BCUT2D eigenvalue weighted by molar-refractivity contribution is -0.139. The Balaban J connectivity index is 1.70. The number of anilines is 1. The molecule has 3 aromatic carbocycles. The van der Waals surface area contributed by atoms with Crippen molar-refractivity contribution in [3.8, 4) is 11.5 Å². The molecule has 44 heavy (non-hydrogen) atoms. The number of rotatable bonds is 13. The third kappa shape index (κ3) is 8.11. The molecule has 0 aromatic heterocycles. The van der Waals surface area contributed by atoms with E-state index in [1.54, 1.807) is 31.2 Å². The number of carbonyl (C=O) groups is 2. The third-order valence-corrected chi connectivity index (χ3v) is 9.92. The maximum Gasteiger partial charge on any atom is 0.264 e. The van der Waals surface area contributed by atoms with Crippen molar-refractivity contribution in [1.29, 1.82) is 0 Å². The molecule has 236 valence electrons. The van der Waals surface area contributed by atoms with Gasteiger partial charge < -0.3 is 19.7 Å². The minimum atomic E-state index is -4.24. The van der Waals surface area contributed by atoms with Gasteiger partial charge in [-0.1, -0.05) is 67.3 Å². The van der Waals surface area contributed by atoms with Gasteiger partial charge >= 0.3 is 0 Å². The number of hydrogen-bond acceptors (Lipinski definition) is 6. The minimum absolute atomic E-state index is 0.0275. The minimum Gasteiger partial charge on any atom is -0.497 e. The van der Waals surface area contributed by atoms with Crippen LogP contribution in [0.5, 0.6) is 11.5 Å². The van der Waals surface area contributed by atoms with Crippen molar-refractivity contribution in [3.05, 3.63) is 83.9 Å². The second-order valence-corrected chi connectivity index (χ2v) is 13.1. The smallest absolute Gasteiger partial charge is 0.264 e. The first-order valence-corrected chi connectivity index (χ1v) is 16.5.